The third kappa shape index (κ3) is 4.51. The van der Waals surface area contributed by atoms with Gasteiger partial charge in [-0.15, -0.1) is 0 Å². The fraction of sp³-hybridized carbons (Fsp3) is 0.227. The molecule has 146 valence electrons. The Morgan fingerprint density at radius 2 is 1.75 bits per heavy atom. The van der Waals surface area contributed by atoms with E-state index in [1.807, 2.05) is 43.5 Å². The highest BCUT2D eigenvalue weighted by Gasteiger charge is 2.10. The van der Waals surface area contributed by atoms with Gasteiger partial charge in [0.2, 0.25) is 0 Å². The lowest BCUT2D eigenvalue weighted by atomic mass is 10.2. The Kier molecular flexibility index (Phi) is 6.65. The van der Waals surface area contributed by atoms with E-state index < -0.39 is 0 Å². The van der Waals surface area contributed by atoms with Gasteiger partial charge in [0, 0.05) is 38.2 Å². The number of nitrogens with zero attached hydrogens (tertiary/aromatic N) is 2. The molecule has 0 unspecified atom stereocenters. The maximum atomic E-state index is 6.18. The Bertz CT molecular complexity index is 958. The fourth-order valence-electron chi connectivity index (χ4n) is 3.11. The van der Waals surface area contributed by atoms with Crippen molar-refractivity contribution in [3.05, 3.63) is 81.1 Å². The molecule has 2 aromatic carbocycles. The number of ether oxygens (including phenoxy) is 1. The van der Waals surface area contributed by atoms with Crippen molar-refractivity contribution in [3.8, 4) is 11.4 Å². The number of halogens is 2. The molecule has 1 N–H and O–H groups in total. The van der Waals surface area contributed by atoms with Crippen molar-refractivity contribution in [2.75, 3.05) is 6.61 Å². The zero-order chi connectivity index (χ0) is 20.1. The number of benzene rings is 2. The second-order valence-electron chi connectivity index (χ2n) is 6.38. The smallest absolute Gasteiger partial charge is 0.119 e. The van der Waals surface area contributed by atoms with E-state index in [1.165, 1.54) is 0 Å². The lowest BCUT2D eigenvalue weighted by Gasteiger charge is -2.11. The number of aryl methyl sites for hydroxylation is 1. The van der Waals surface area contributed by atoms with Gasteiger partial charge in [0.05, 0.1) is 19.4 Å². The summed E-state index contributed by atoms with van der Waals surface area (Å²) in [7, 11) is 0. The summed E-state index contributed by atoms with van der Waals surface area (Å²) in [6, 6.07) is 15.7. The van der Waals surface area contributed by atoms with E-state index in [2.05, 4.69) is 47.1 Å². The largest absolute Gasteiger partial charge is 0.494 e. The number of nitrogens with one attached hydrogen (secondary N) is 1. The number of hydrogen-bond acceptors (Lipinski definition) is 3. The zero-order valence-corrected chi connectivity index (χ0v) is 17.7. The Labute approximate surface area is 175 Å². The lowest BCUT2D eigenvalue weighted by Crippen LogP contribution is -2.07. The lowest BCUT2D eigenvalue weighted by molar-refractivity contribution is 0.340. The minimum Gasteiger partial charge on any atom is -0.494 e. The molecule has 0 bridgehead atoms. The Morgan fingerprint density at radius 3 is 2.39 bits per heavy atom. The van der Waals surface area contributed by atoms with Crippen LogP contribution in [0, 0.1) is 13.8 Å². The van der Waals surface area contributed by atoms with Crippen LogP contribution in [0.5, 0.6) is 5.75 Å². The first-order valence-electron chi connectivity index (χ1n) is 9.12. The van der Waals surface area contributed by atoms with Gasteiger partial charge < -0.3 is 14.7 Å². The van der Waals surface area contributed by atoms with Gasteiger partial charge in [0.15, 0.2) is 0 Å². The summed E-state index contributed by atoms with van der Waals surface area (Å²) in [5.41, 5.74) is 8.25. The molecule has 3 rings (SSSR count). The summed E-state index contributed by atoms with van der Waals surface area (Å²) in [4.78, 5) is 0. The summed E-state index contributed by atoms with van der Waals surface area (Å²) in [6.07, 6.45) is 1.82. The van der Waals surface area contributed by atoms with Crippen LogP contribution in [0.15, 0.2) is 53.6 Å². The second kappa shape index (κ2) is 9.18. The molecule has 1 aromatic heterocycles. The molecular formula is C22H23Cl2N3O. The van der Waals surface area contributed by atoms with Crippen LogP contribution in [0.1, 0.15) is 29.4 Å². The third-order valence-corrected chi connectivity index (χ3v) is 5.20. The van der Waals surface area contributed by atoms with Gasteiger partial charge in [-0.2, -0.15) is 5.10 Å². The van der Waals surface area contributed by atoms with Crippen molar-refractivity contribution < 1.29 is 4.74 Å². The highest BCUT2D eigenvalue weighted by Crippen LogP contribution is 2.24. The van der Waals surface area contributed by atoms with Crippen molar-refractivity contribution in [1.29, 1.82) is 0 Å². The molecule has 1 heterocycles. The predicted octanol–water partition coefficient (Wildman–Crippen LogP) is 5.92. The summed E-state index contributed by atoms with van der Waals surface area (Å²) < 4.78 is 7.72. The normalized spacial score (nSPS) is 11.2. The van der Waals surface area contributed by atoms with Crippen molar-refractivity contribution in [3.63, 3.8) is 0 Å². The first kappa shape index (κ1) is 20.3. The molecule has 0 saturated heterocycles. The quantitative estimate of drug-likeness (QED) is 0.383. The van der Waals surface area contributed by atoms with Crippen LogP contribution in [-0.4, -0.2) is 17.4 Å². The average molecular weight is 416 g/mol. The van der Waals surface area contributed by atoms with Gasteiger partial charge in [0.1, 0.15) is 5.75 Å². The highest BCUT2D eigenvalue weighted by molar-refractivity contribution is 6.35. The fourth-order valence-corrected chi connectivity index (χ4v) is 3.65. The van der Waals surface area contributed by atoms with E-state index in [0.29, 0.717) is 23.2 Å². The van der Waals surface area contributed by atoms with Crippen LogP contribution in [0.25, 0.3) is 5.69 Å². The van der Waals surface area contributed by atoms with Gasteiger partial charge in [-0.3, -0.25) is 0 Å². The van der Waals surface area contributed by atoms with Crippen LogP contribution >= 0.6 is 23.2 Å². The van der Waals surface area contributed by atoms with Crippen LogP contribution in [0.3, 0.4) is 0 Å². The van der Waals surface area contributed by atoms with E-state index in [-0.39, 0.29) is 0 Å². The van der Waals surface area contributed by atoms with Gasteiger partial charge in [-0.1, -0.05) is 29.3 Å². The van der Waals surface area contributed by atoms with Crippen LogP contribution in [0.4, 0.5) is 0 Å². The van der Waals surface area contributed by atoms with Crippen molar-refractivity contribution in [2.24, 2.45) is 5.10 Å². The summed E-state index contributed by atoms with van der Waals surface area (Å²) in [5.74, 6) is 0.873. The maximum Gasteiger partial charge on any atom is 0.119 e. The first-order valence-corrected chi connectivity index (χ1v) is 9.87. The van der Waals surface area contributed by atoms with Crippen molar-refractivity contribution in [1.82, 2.24) is 9.99 Å². The van der Waals surface area contributed by atoms with Crippen LogP contribution < -0.4 is 10.2 Å². The molecule has 28 heavy (non-hydrogen) atoms. The first-order chi connectivity index (χ1) is 13.5. The molecule has 0 aliphatic rings. The summed E-state index contributed by atoms with van der Waals surface area (Å²) >= 11 is 12.4. The molecule has 0 aliphatic carbocycles. The van der Waals surface area contributed by atoms with Crippen molar-refractivity contribution >= 4 is 29.4 Å². The molecule has 0 aliphatic heterocycles. The van der Waals surface area contributed by atoms with Gasteiger partial charge >= 0.3 is 0 Å². The van der Waals surface area contributed by atoms with Crippen LogP contribution in [0.2, 0.25) is 10.0 Å². The van der Waals surface area contributed by atoms with Gasteiger partial charge in [-0.25, -0.2) is 0 Å². The van der Waals surface area contributed by atoms with Crippen molar-refractivity contribution in [2.45, 2.75) is 27.3 Å². The van der Waals surface area contributed by atoms with Crippen LogP contribution in [-0.2, 0) is 6.54 Å². The van der Waals surface area contributed by atoms with Gasteiger partial charge in [-0.05, 0) is 63.2 Å². The van der Waals surface area contributed by atoms with E-state index >= 15 is 0 Å². The van der Waals surface area contributed by atoms with E-state index in [0.717, 1.165) is 34.0 Å². The number of hydrazone groups is 1. The molecule has 6 heteroatoms. The number of rotatable bonds is 7. The van der Waals surface area contributed by atoms with E-state index in [4.69, 9.17) is 27.9 Å². The van der Waals surface area contributed by atoms with Gasteiger partial charge in [0.25, 0.3) is 0 Å². The highest BCUT2D eigenvalue weighted by atomic mass is 35.5. The molecule has 0 radical (unpaired) electrons. The standard InChI is InChI=1S/C22H23Cl2N3O/c1-4-28-19-10-8-18(9-11-19)27-15(2)12-17(16(27)3)13-25-26-14-20-21(23)6-5-7-22(20)24/h5-13,26H,4,14H2,1-3H3/b25-13+. The Balaban J connectivity index is 1.73. The Hall–Kier alpha value is -2.43. The van der Waals surface area contributed by atoms with E-state index in [9.17, 15) is 0 Å². The maximum absolute atomic E-state index is 6.18. The molecule has 0 fully saturated rings. The molecular weight excluding hydrogens is 393 g/mol. The minimum atomic E-state index is 0.465. The monoisotopic (exact) mass is 415 g/mol. The minimum absolute atomic E-state index is 0.465. The molecule has 0 spiro atoms. The molecule has 0 amide bonds. The molecule has 4 nitrogen and oxygen atoms in total. The second-order valence-corrected chi connectivity index (χ2v) is 7.20. The third-order valence-electron chi connectivity index (χ3n) is 4.49. The summed E-state index contributed by atoms with van der Waals surface area (Å²) in [5, 5.41) is 5.60. The predicted molar refractivity (Wildman–Crippen MR) is 117 cm³/mol. The van der Waals surface area contributed by atoms with E-state index in [1.54, 1.807) is 0 Å². The number of aromatic nitrogens is 1. The molecule has 0 saturated carbocycles. The SMILES string of the molecule is CCOc1ccc(-n2c(C)cc(/C=N/NCc3c(Cl)cccc3Cl)c2C)cc1. The zero-order valence-electron chi connectivity index (χ0n) is 16.2. The molecule has 0 atom stereocenters. The molecule has 3 aromatic rings. The topological polar surface area (TPSA) is 38.5 Å². The Morgan fingerprint density at radius 1 is 1.07 bits per heavy atom. The number of hydrogen-bond donors (Lipinski definition) is 1. The average Bonchev–Trinajstić information content (AvgIpc) is 2.95. The summed E-state index contributed by atoms with van der Waals surface area (Å²) in [6.45, 7) is 7.27.